The van der Waals surface area contributed by atoms with Crippen molar-refractivity contribution in [3.05, 3.63) is 69.3 Å². The number of hydrogen-bond acceptors (Lipinski definition) is 4. The predicted octanol–water partition coefficient (Wildman–Crippen LogP) is 5.14. The van der Waals surface area contributed by atoms with Crippen molar-refractivity contribution < 1.29 is 13.6 Å². The maximum atomic E-state index is 13.5. The first-order valence-corrected chi connectivity index (χ1v) is 10.7. The molecule has 0 saturated carbocycles. The van der Waals surface area contributed by atoms with E-state index in [1.165, 1.54) is 10.7 Å². The Hall–Kier alpha value is -3.33. The molecule has 0 radical (unpaired) electrons. The molecule has 4 rings (SSSR count). The summed E-state index contributed by atoms with van der Waals surface area (Å²) in [5.41, 5.74) is 4.09. The highest BCUT2D eigenvalue weighted by molar-refractivity contribution is 6.30. The third-order valence-corrected chi connectivity index (χ3v) is 5.71. The number of benzene rings is 1. The lowest BCUT2D eigenvalue weighted by molar-refractivity contribution is -0.116. The Balaban J connectivity index is 1.57. The Morgan fingerprint density at radius 3 is 2.39 bits per heavy atom. The Morgan fingerprint density at radius 2 is 1.73 bits per heavy atom. The number of aryl methyl sites for hydroxylation is 3. The molecule has 33 heavy (non-hydrogen) atoms. The number of nitrogens with zero attached hydrogens (tertiary/aromatic N) is 5. The van der Waals surface area contributed by atoms with Crippen LogP contribution in [0.2, 0.25) is 5.02 Å². The lowest BCUT2D eigenvalue weighted by atomic mass is 10.1. The number of aromatic nitrogens is 5. The number of alkyl halides is 2. The number of hydrogen-bond donors (Lipinski definition) is 1. The van der Waals surface area contributed by atoms with Crippen LogP contribution in [0.25, 0.3) is 11.0 Å². The van der Waals surface area contributed by atoms with Gasteiger partial charge in [0.25, 0.3) is 6.43 Å². The average Bonchev–Trinajstić information content (AvgIpc) is 3.19. The molecule has 4 aromatic rings. The van der Waals surface area contributed by atoms with E-state index >= 15 is 0 Å². The monoisotopic (exact) mass is 472 g/mol. The van der Waals surface area contributed by atoms with Crippen LogP contribution in [0.15, 0.2) is 30.3 Å². The number of rotatable bonds is 6. The number of carbonyl (C=O) groups is 1. The van der Waals surface area contributed by atoms with Gasteiger partial charge in [0.1, 0.15) is 6.54 Å². The maximum Gasteiger partial charge on any atom is 0.264 e. The highest BCUT2D eigenvalue weighted by Crippen LogP contribution is 2.30. The summed E-state index contributed by atoms with van der Waals surface area (Å²) in [4.78, 5) is 17.2. The molecule has 10 heteroatoms. The normalized spacial score (nSPS) is 11.5. The molecule has 3 heterocycles. The van der Waals surface area contributed by atoms with E-state index in [9.17, 15) is 13.6 Å². The molecule has 1 N–H and O–H groups in total. The van der Waals surface area contributed by atoms with Crippen molar-refractivity contribution in [2.45, 2.75) is 47.2 Å². The maximum absolute atomic E-state index is 13.5. The largest absolute Gasteiger partial charge is 0.321 e. The zero-order valence-electron chi connectivity index (χ0n) is 18.7. The van der Waals surface area contributed by atoms with Crippen LogP contribution in [-0.2, 0) is 17.9 Å². The van der Waals surface area contributed by atoms with E-state index < -0.39 is 6.43 Å². The quantitative estimate of drug-likeness (QED) is 0.421. The van der Waals surface area contributed by atoms with Crippen LogP contribution in [0.1, 0.15) is 40.3 Å². The lowest BCUT2D eigenvalue weighted by Gasteiger charge is -2.09. The van der Waals surface area contributed by atoms with E-state index in [-0.39, 0.29) is 29.0 Å². The van der Waals surface area contributed by atoms with Crippen LogP contribution in [0.5, 0.6) is 0 Å². The van der Waals surface area contributed by atoms with Crippen molar-refractivity contribution in [1.29, 1.82) is 0 Å². The molecule has 0 unspecified atom stereocenters. The summed E-state index contributed by atoms with van der Waals surface area (Å²) >= 11 is 5.95. The standard InChI is InChI=1S/C23H23ClF2N6O/c1-12-9-18(22(25)26)20-13(2)29-32(23(20)27-12)11-19(33)28-21-14(3)30-31(15(21)4)10-16-5-7-17(24)8-6-16/h5-9,22H,10-11H2,1-4H3,(H,28,33). The first-order chi connectivity index (χ1) is 15.6. The van der Waals surface area contributed by atoms with Gasteiger partial charge in [0.15, 0.2) is 5.65 Å². The topological polar surface area (TPSA) is 77.6 Å². The summed E-state index contributed by atoms with van der Waals surface area (Å²) in [5.74, 6) is -0.349. The molecule has 0 atom stereocenters. The number of anilines is 1. The fraction of sp³-hybridized carbons (Fsp3) is 0.304. The molecule has 0 aliphatic rings. The SMILES string of the molecule is Cc1cc(C(F)F)c2c(C)nn(CC(=O)Nc3c(C)nn(Cc4ccc(Cl)cc4)c3C)c2n1. The minimum atomic E-state index is -2.66. The van der Waals surface area contributed by atoms with Gasteiger partial charge in [-0.05, 0) is 51.5 Å². The molecule has 0 spiro atoms. The average molecular weight is 473 g/mol. The highest BCUT2D eigenvalue weighted by Gasteiger charge is 2.21. The summed E-state index contributed by atoms with van der Waals surface area (Å²) in [6.07, 6.45) is -2.66. The molecular weight excluding hydrogens is 450 g/mol. The second-order valence-corrected chi connectivity index (χ2v) is 8.41. The van der Waals surface area contributed by atoms with Crippen molar-refractivity contribution in [2.75, 3.05) is 5.32 Å². The number of pyridine rings is 1. The number of halogens is 3. The minimum absolute atomic E-state index is 0.128. The fourth-order valence-corrected chi connectivity index (χ4v) is 4.04. The second kappa shape index (κ2) is 8.90. The molecule has 0 fully saturated rings. The van der Waals surface area contributed by atoms with Gasteiger partial charge in [-0.25, -0.2) is 18.4 Å². The smallest absolute Gasteiger partial charge is 0.264 e. The van der Waals surface area contributed by atoms with Crippen LogP contribution >= 0.6 is 11.6 Å². The summed E-state index contributed by atoms with van der Waals surface area (Å²) in [6, 6.07) is 8.83. The van der Waals surface area contributed by atoms with Crippen molar-refractivity contribution in [1.82, 2.24) is 24.5 Å². The van der Waals surface area contributed by atoms with E-state index in [0.29, 0.717) is 34.3 Å². The Bertz CT molecular complexity index is 1340. The summed E-state index contributed by atoms with van der Waals surface area (Å²) in [5, 5.41) is 12.7. The number of carbonyl (C=O) groups excluding carboxylic acids is 1. The molecule has 7 nitrogen and oxygen atoms in total. The Kier molecular flexibility index (Phi) is 6.16. The molecule has 1 aromatic carbocycles. The van der Waals surface area contributed by atoms with Crippen molar-refractivity contribution >= 4 is 34.2 Å². The fourth-order valence-electron chi connectivity index (χ4n) is 3.91. The molecule has 0 aliphatic carbocycles. The van der Waals surface area contributed by atoms with Crippen LogP contribution < -0.4 is 5.32 Å². The summed E-state index contributed by atoms with van der Waals surface area (Å²) in [7, 11) is 0. The van der Waals surface area contributed by atoms with Crippen LogP contribution in [0.3, 0.4) is 0 Å². The van der Waals surface area contributed by atoms with Gasteiger partial charge >= 0.3 is 0 Å². The number of fused-ring (bicyclic) bond motifs is 1. The van der Waals surface area contributed by atoms with Gasteiger partial charge in [0.05, 0.1) is 34.7 Å². The third-order valence-electron chi connectivity index (χ3n) is 5.46. The molecule has 0 aliphatic heterocycles. The first-order valence-electron chi connectivity index (χ1n) is 10.3. The van der Waals surface area contributed by atoms with Gasteiger partial charge in [-0.15, -0.1) is 0 Å². The molecular formula is C23H23ClF2N6O. The predicted molar refractivity (Wildman–Crippen MR) is 123 cm³/mol. The highest BCUT2D eigenvalue weighted by atomic mass is 35.5. The van der Waals surface area contributed by atoms with Crippen molar-refractivity contribution in [3.8, 4) is 0 Å². The Labute approximate surface area is 194 Å². The number of amides is 1. The van der Waals surface area contributed by atoms with Gasteiger partial charge in [-0.1, -0.05) is 23.7 Å². The van der Waals surface area contributed by atoms with E-state index in [1.54, 1.807) is 13.8 Å². The van der Waals surface area contributed by atoms with Crippen molar-refractivity contribution in [2.24, 2.45) is 0 Å². The minimum Gasteiger partial charge on any atom is -0.321 e. The summed E-state index contributed by atoms with van der Waals surface area (Å²) < 4.78 is 30.2. The zero-order valence-corrected chi connectivity index (χ0v) is 19.4. The van der Waals surface area contributed by atoms with Crippen LogP contribution in [0, 0.1) is 27.7 Å². The molecule has 0 saturated heterocycles. The van der Waals surface area contributed by atoms with Gasteiger partial charge in [-0.2, -0.15) is 10.2 Å². The van der Waals surface area contributed by atoms with Gasteiger partial charge in [0, 0.05) is 16.3 Å². The van der Waals surface area contributed by atoms with Crippen LogP contribution in [0.4, 0.5) is 14.5 Å². The lowest BCUT2D eigenvalue weighted by Crippen LogP contribution is -2.20. The second-order valence-electron chi connectivity index (χ2n) is 7.97. The van der Waals surface area contributed by atoms with E-state index in [2.05, 4.69) is 20.5 Å². The van der Waals surface area contributed by atoms with Gasteiger partial charge in [-0.3, -0.25) is 9.48 Å². The van der Waals surface area contributed by atoms with E-state index in [0.717, 1.165) is 11.3 Å². The Morgan fingerprint density at radius 1 is 1.06 bits per heavy atom. The molecule has 3 aromatic heterocycles. The van der Waals surface area contributed by atoms with Crippen LogP contribution in [-0.4, -0.2) is 30.5 Å². The molecule has 0 bridgehead atoms. The number of nitrogens with one attached hydrogen (secondary N) is 1. The summed E-state index contributed by atoms with van der Waals surface area (Å²) in [6.45, 7) is 7.33. The first kappa shape index (κ1) is 22.8. The third kappa shape index (κ3) is 4.59. The zero-order chi connectivity index (χ0) is 23.9. The van der Waals surface area contributed by atoms with Gasteiger partial charge in [0.2, 0.25) is 5.91 Å². The van der Waals surface area contributed by atoms with Gasteiger partial charge < -0.3 is 5.32 Å². The molecule has 1 amide bonds. The van der Waals surface area contributed by atoms with Crippen molar-refractivity contribution in [3.63, 3.8) is 0 Å². The molecule has 172 valence electrons. The van der Waals surface area contributed by atoms with E-state index in [4.69, 9.17) is 11.6 Å². The van der Waals surface area contributed by atoms with E-state index in [1.807, 2.05) is 42.8 Å².